The zero-order chi connectivity index (χ0) is 19.3. The highest BCUT2D eigenvalue weighted by Crippen LogP contribution is 2.32. The summed E-state index contributed by atoms with van der Waals surface area (Å²) in [5.74, 6) is 3.41. The van der Waals surface area contributed by atoms with Gasteiger partial charge in [0.25, 0.3) is 0 Å². The Morgan fingerprint density at radius 1 is 1.14 bits per heavy atom. The molecule has 9 heteroatoms. The zero-order valence-corrected chi connectivity index (χ0v) is 19.2. The van der Waals surface area contributed by atoms with E-state index in [1.807, 2.05) is 19.2 Å². The molecule has 1 N–H and O–H groups in total. The fourth-order valence-corrected chi connectivity index (χ4v) is 3.52. The van der Waals surface area contributed by atoms with Crippen molar-refractivity contribution in [1.29, 1.82) is 0 Å². The van der Waals surface area contributed by atoms with E-state index in [0.29, 0.717) is 13.3 Å². The summed E-state index contributed by atoms with van der Waals surface area (Å²) in [5.41, 5.74) is 2.22. The Balaban J connectivity index is 0.00000240. The third-order valence-corrected chi connectivity index (χ3v) is 5.12. The predicted octanol–water partition coefficient (Wildman–Crippen LogP) is 2.48. The maximum atomic E-state index is 5.48. The van der Waals surface area contributed by atoms with E-state index in [2.05, 4.69) is 44.3 Å². The number of piperazine rings is 1. The second kappa shape index (κ2) is 10.1. The topological polar surface area (TPSA) is 75.4 Å². The third kappa shape index (κ3) is 5.33. The number of rotatable bonds is 5. The average Bonchev–Trinajstić information content (AvgIpc) is 3.38. The van der Waals surface area contributed by atoms with E-state index in [0.717, 1.165) is 68.1 Å². The first kappa shape index (κ1) is 21.7. The van der Waals surface area contributed by atoms with Crippen LogP contribution in [0.3, 0.4) is 0 Å². The number of halogens is 1. The van der Waals surface area contributed by atoms with Crippen LogP contribution in [0.25, 0.3) is 0 Å². The number of benzene rings is 1. The molecule has 8 nitrogen and oxygen atoms in total. The van der Waals surface area contributed by atoms with Crippen molar-refractivity contribution >= 4 is 29.9 Å². The lowest BCUT2D eigenvalue weighted by Crippen LogP contribution is -2.52. The summed E-state index contributed by atoms with van der Waals surface area (Å²) in [6.07, 6.45) is 0.879. The maximum absolute atomic E-state index is 5.48. The van der Waals surface area contributed by atoms with Crippen LogP contribution in [0.15, 0.2) is 33.8 Å². The van der Waals surface area contributed by atoms with Crippen LogP contribution in [0.4, 0.5) is 0 Å². The van der Waals surface area contributed by atoms with Gasteiger partial charge in [0, 0.05) is 45.8 Å². The molecule has 0 unspecified atom stereocenters. The lowest BCUT2D eigenvalue weighted by Gasteiger charge is -2.36. The highest BCUT2D eigenvalue weighted by atomic mass is 127. The SMILES string of the molecule is CCc1cc(CNC(=NC)N2CCN(Cc3ccc4c(c3)OCO4)CC2)on1.I. The van der Waals surface area contributed by atoms with Gasteiger partial charge in [-0.1, -0.05) is 18.1 Å². The van der Waals surface area contributed by atoms with Gasteiger partial charge in [-0.25, -0.2) is 0 Å². The van der Waals surface area contributed by atoms with Gasteiger partial charge >= 0.3 is 0 Å². The summed E-state index contributed by atoms with van der Waals surface area (Å²) in [4.78, 5) is 9.16. The first-order valence-electron chi connectivity index (χ1n) is 9.76. The molecule has 0 atom stereocenters. The van der Waals surface area contributed by atoms with E-state index in [1.165, 1.54) is 5.56 Å². The molecule has 0 saturated carbocycles. The maximum Gasteiger partial charge on any atom is 0.231 e. The molecule has 0 aliphatic carbocycles. The van der Waals surface area contributed by atoms with Crippen LogP contribution >= 0.6 is 24.0 Å². The molecule has 0 amide bonds. The van der Waals surface area contributed by atoms with Gasteiger partial charge in [-0.05, 0) is 24.1 Å². The number of fused-ring (bicyclic) bond motifs is 1. The Labute approximate surface area is 188 Å². The highest BCUT2D eigenvalue weighted by molar-refractivity contribution is 14.0. The predicted molar refractivity (Wildman–Crippen MR) is 121 cm³/mol. The van der Waals surface area contributed by atoms with Crippen molar-refractivity contribution in [3.63, 3.8) is 0 Å². The van der Waals surface area contributed by atoms with E-state index in [1.54, 1.807) is 0 Å². The van der Waals surface area contributed by atoms with Crippen molar-refractivity contribution in [3.05, 3.63) is 41.3 Å². The fourth-order valence-electron chi connectivity index (χ4n) is 3.52. The minimum atomic E-state index is 0. The highest BCUT2D eigenvalue weighted by Gasteiger charge is 2.21. The van der Waals surface area contributed by atoms with Crippen LogP contribution in [0, 0.1) is 0 Å². The second-order valence-corrected chi connectivity index (χ2v) is 6.99. The number of hydrogen-bond acceptors (Lipinski definition) is 6. The van der Waals surface area contributed by atoms with Crippen molar-refractivity contribution in [2.45, 2.75) is 26.4 Å². The molecule has 1 saturated heterocycles. The van der Waals surface area contributed by atoms with Gasteiger partial charge in [0.1, 0.15) is 0 Å². The Hall–Kier alpha value is -2.01. The number of aryl methyl sites for hydroxylation is 1. The van der Waals surface area contributed by atoms with Gasteiger partial charge in [-0.15, -0.1) is 24.0 Å². The summed E-state index contributed by atoms with van der Waals surface area (Å²) in [5, 5.41) is 7.41. The molecule has 2 aromatic rings. The number of ether oxygens (including phenoxy) is 2. The van der Waals surface area contributed by atoms with Gasteiger partial charge in [0.2, 0.25) is 6.79 Å². The Morgan fingerprint density at radius 2 is 1.93 bits per heavy atom. The van der Waals surface area contributed by atoms with Crippen LogP contribution < -0.4 is 14.8 Å². The number of guanidine groups is 1. The molecule has 0 bridgehead atoms. The summed E-state index contributed by atoms with van der Waals surface area (Å²) in [7, 11) is 1.82. The van der Waals surface area contributed by atoms with Gasteiger partial charge < -0.3 is 24.2 Å². The number of aliphatic imine (C=N–C) groups is 1. The standard InChI is InChI=1S/C20H27N5O3.HI/c1-3-16-11-17(28-23-16)12-22-20(21-2)25-8-6-24(7-9-25)13-15-4-5-18-19(10-15)27-14-26-18;/h4-5,10-11H,3,6-9,12-14H2,1-2H3,(H,21,22);1H. The first-order chi connectivity index (χ1) is 13.7. The van der Waals surface area contributed by atoms with Crippen molar-refractivity contribution in [2.24, 2.45) is 4.99 Å². The Bertz CT molecular complexity index is 833. The number of aromatic nitrogens is 1. The first-order valence-corrected chi connectivity index (χ1v) is 9.76. The smallest absolute Gasteiger partial charge is 0.231 e. The molecular formula is C20H28IN5O3. The average molecular weight is 513 g/mol. The molecule has 1 aromatic heterocycles. The van der Waals surface area contributed by atoms with Crippen LogP contribution in [0.1, 0.15) is 23.9 Å². The van der Waals surface area contributed by atoms with Gasteiger partial charge in [0.15, 0.2) is 23.2 Å². The third-order valence-electron chi connectivity index (χ3n) is 5.12. The number of nitrogens with zero attached hydrogens (tertiary/aromatic N) is 4. The van der Waals surface area contributed by atoms with Crippen LogP contribution in [0.2, 0.25) is 0 Å². The lowest BCUT2D eigenvalue weighted by atomic mass is 10.1. The van der Waals surface area contributed by atoms with Crippen LogP contribution in [-0.2, 0) is 19.5 Å². The van der Waals surface area contributed by atoms with Crippen molar-refractivity contribution in [1.82, 2.24) is 20.3 Å². The van der Waals surface area contributed by atoms with E-state index >= 15 is 0 Å². The molecule has 2 aliphatic heterocycles. The van der Waals surface area contributed by atoms with Gasteiger partial charge in [0.05, 0.1) is 12.2 Å². The summed E-state index contributed by atoms with van der Waals surface area (Å²) in [6, 6.07) is 8.18. The number of nitrogens with one attached hydrogen (secondary N) is 1. The minimum Gasteiger partial charge on any atom is -0.454 e. The molecule has 3 heterocycles. The molecule has 29 heavy (non-hydrogen) atoms. The van der Waals surface area contributed by atoms with Crippen LogP contribution in [-0.4, -0.2) is 60.9 Å². The van der Waals surface area contributed by atoms with Crippen molar-refractivity contribution in [3.8, 4) is 11.5 Å². The molecule has 0 radical (unpaired) electrons. The molecule has 1 fully saturated rings. The summed E-state index contributed by atoms with van der Waals surface area (Å²) >= 11 is 0. The monoisotopic (exact) mass is 513 g/mol. The fraction of sp³-hybridized carbons (Fsp3) is 0.500. The van der Waals surface area contributed by atoms with Gasteiger partial charge in [-0.3, -0.25) is 9.89 Å². The minimum absolute atomic E-state index is 0. The normalized spacial score (nSPS) is 16.6. The largest absolute Gasteiger partial charge is 0.454 e. The Kier molecular flexibility index (Phi) is 7.59. The Morgan fingerprint density at radius 3 is 2.66 bits per heavy atom. The summed E-state index contributed by atoms with van der Waals surface area (Å²) in [6.45, 7) is 7.72. The quantitative estimate of drug-likeness (QED) is 0.374. The van der Waals surface area contributed by atoms with Crippen molar-refractivity contribution in [2.75, 3.05) is 40.0 Å². The summed E-state index contributed by atoms with van der Waals surface area (Å²) < 4.78 is 16.2. The molecule has 158 valence electrons. The van der Waals surface area contributed by atoms with E-state index < -0.39 is 0 Å². The zero-order valence-electron chi connectivity index (χ0n) is 16.9. The molecule has 1 aromatic carbocycles. The second-order valence-electron chi connectivity index (χ2n) is 6.99. The van der Waals surface area contributed by atoms with Gasteiger partial charge in [-0.2, -0.15) is 0 Å². The molecule has 4 rings (SSSR count). The van der Waals surface area contributed by atoms with E-state index in [-0.39, 0.29) is 24.0 Å². The molecule has 2 aliphatic rings. The molecular weight excluding hydrogens is 485 g/mol. The van der Waals surface area contributed by atoms with E-state index in [4.69, 9.17) is 14.0 Å². The molecule has 0 spiro atoms. The van der Waals surface area contributed by atoms with Crippen molar-refractivity contribution < 1.29 is 14.0 Å². The lowest BCUT2D eigenvalue weighted by molar-refractivity contribution is 0.171. The van der Waals surface area contributed by atoms with E-state index in [9.17, 15) is 0 Å². The number of hydrogen-bond donors (Lipinski definition) is 1. The van der Waals surface area contributed by atoms with Crippen LogP contribution in [0.5, 0.6) is 11.5 Å².